The maximum atomic E-state index is 12.8. The molecule has 0 radical (unpaired) electrons. The lowest BCUT2D eigenvalue weighted by atomic mass is 10.0. The molecule has 1 aromatic carbocycles. The van der Waals surface area contributed by atoms with Crippen LogP contribution in [0, 0.1) is 0 Å². The van der Waals surface area contributed by atoms with Gasteiger partial charge in [0, 0.05) is 35.0 Å². The van der Waals surface area contributed by atoms with E-state index in [1.165, 1.54) is 16.5 Å². The number of carbonyl (C=O) groups is 4. The molecule has 0 saturated carbocycles. The van der Waals surface area contributed by atoms with Gasteiger partial charge in [0.15, 0.2) is 0 Å². The Labute approximate surface area is 284 Å². The molecule has 250 valence electrons. The van der Waals surface area contributed by atoms with Gasteiger partial charge in [0.25, 0.3) is 0 Å². The van der Waals surface area contributed by atoms with E-state index < -0.39 is 6.09 Å². The van der Waals surface area contributed by atoms with Crippen LogP contribution in [0.15, 0.2) is 47.4 Å². The molecule has 15 heteroatoms. The Morgan fingerprint density at radius 1 is 1.02 bits per heavy atom. The fraction of sp³-hybridized carbons (Fsp3) is 0.333. The lowest BCUT2D eigenvalue weighted by Gasteiger charge is -2.23. The molecule has 4 N–H and O–H groups in total. The molecule has 5 aromatic rings. The van der Waals surface area contributed by atoms with Crippen LogP contribution in [0.3, 0.4) is 0 Å². The number of ether oxygens (including phenoxy) is 1. The molecule has 4 amide bonds. The van der Waals surface area contributed by atoms with E-state index in [4.69, 9.17) is 0 Å². The van der Waals surface area contributed by atoms with E-state index >= 15 is 0 Å². The van der Waals surface area contributed by atoms with E-state index in [1.807, 2.05) is 13.1 Å². The number of amides is 4. The maximum absolute atomic E-state index is 12.8. The number of rotatable bonds is 13. The van der Waals surface area contributed by atoms with E-state index in [2.05, 4.69) is 70.3 Å². The summed E-state index contributed by atoms with van der Waals surface area (Å²) in [5.74, 6) is 1.09. The van der Waals surface area contributed by atoms with Crippen LogP contribution in [0.25, 0.3) is 43.0 Å². The zero-order valence-corrected chi connectivity index (χ0v) is 28.2. The molecule has 5 heterocycles. The van der Waals surface area contributed by atoms with E-state index in [-0.39, 0.29) is 30.9 Å². The van der Waals surface area contributed by atoms with Crippen molar-refractivity contribution in [2.45, 2.75) is 38.8 Å². The highest BCUT2D eigenvalue weighted by atomic mass is 32.1. The number of alkyl carbamates (subject to hydrolysis) is 1. The number of likely N-dealkylation sites (tertiary alicyclic amines) is 1. The minimum Gasteiger partial charge on any atom is -0.453 e. The van der Waals surface area contributed by atoms with E-state index in [1.54, 1.807) is 38.7 Å². The number of aromatic nitrogens is 4. The fourth-order valence-corrected chi connectivity index (χ4v) is 8.36. The third-order valence-electron chi connectivity index (χ3n) is 8.29. The zero-order valence-electron chi connectivity index (χ0n) is 26.6. The van der Waals surface area contributed by atoms with Gasteiger partial charge in [0.1, 0.15) is 18.2 Å². The molecule has 1 fully saturated rings. The lowest BCUT2D eigenvalue weighted by Crippen LogP contribution is -2.40. The van der Waals surface area contributed by atoms with Crippen LogP contribution in [0.2, 0.25) is 0 Å². The average molecular weight is 689 g/mol. The molecule has 0 aliphatic carbocycles. The smallest absolute Gasteiger partial charge is 0.407 e. The Bertz CT molecular complexity index is 1910. The third kappa shape index (κ3) is 6.96. The van der Waals surface area contributed by atoms with Gasteiger partial charge < -0.3 is 35.1 Å². The molecule has 1 aliphatic rings. The predicted octanol–water partition coefficient (Wildman–Crippen LogP) is 4.91. The van der Waals surface area contributed by atoms with Crippen LogP contribution in [0.1, 0.15) is 43.9 Å². The molecular formula is C33H36N8O5S2. The van der Waals surface area contributed by atoms with Gasteiger partial charge in [-0.25, -0.2) is 14.8 Å². The Hall–Kier alpha value is -5.02. The molecule has 1 saturated heterocycles. The van der Waals surface area contributed by atoms with Gasteiger partial charge >= 0.3 is 6.09 Å². The van der Waals surface area contributed by atoms with E-state index in [0.29, 0.717) is 31.9 Å². The second-order valence-corrected chi connectivity index (χ2v) is 13.1. The van der Waals surface area contributed by atoms with Crippen LogP contribution in [0.4, 0.5) is 4.79 Å². The highest BCUT2D eigenvalue weighted by Crippen LogP contribution is 2.44. The molecule has 6 rings (SSSR count). The minimum absolute atomic E-state index is 0.0383. The van der Waals surface area contributed by atoms with E-state index in [0.717, 1.165) is 58.7 Å². The van der Waals surface area contributed by atoms with Crippen molar-refractivity contribution in [3.8, 4) is 33.6 Å². The molecule has 0 spiro atoms. The van der Waals surface area contributed by atoms with Crippen LogP contribution in [-0.2, 0) is 25.7 Å². The third-order valence-corrected chi connectivity index (χ3v) is 10.4. The summed E-state index contributed by atoms with van der Waals surface area (Å²) in [6.07, 6.45) is 5.95. The average Bonchev–Trinajstić information content (AvgIpc) is 3.94. The molecule has 4 aromatic heterocycles. The summed E-state index contributed by atoms with van der Waals surface area (Å²) in [7, 11) is 1.27. The Balaban J connectivity index is 1.14. The summed E-state index contributed by atoms with van der Waals surface area (Å²) in [5, 5.41) is 9.22. The highest BCUT2D eigenvalue weighted by molar-refractivity contribution is 7.27. The summed E-state index contributed by atoms with van der Waals surface area (Å²) in [4.78, 5) is 66.7. The number of fused-ring (bicyclic) bond motifs is 1. The number of hydrogen-bond acceptors (Lipinski definition) is 9. The predicted molar refractivity (Wildman–Crippen MR) is 184 cm³/mol. The van der Waals surface area contributed by atoms with E-state index in [9.17, 15) is 19.2 Å². The Morgan fingerprint density at radius 3 is 2.50 bits per heavy atom. The number of aromatic amines is 2. The SMILES string of the molecule is CCCN(Cc1ncc(-c2ccc(-c3csc4c(-c5cnc(C6CCCN6C(=O)CNC(=O)OC)[nH]5)csc34)cc2)[nH]1)C(=O)CNC=O. The van der Waals surface area contributed by atoms with Gasteiger partial charge in [-0.15, -0.1) is 22.7 Å². The van der Waals surface area contributed by atoms with Gasteiger partial charge in [-0.3, -0.25) is 14.4 Å². The summed E-state index contributed by atoms with van der Waals surface area (Å²) < 4.78 is 6.94. The van der Waals surface area contributed by atoms with Crippen molar-refractivity contribution >= 4 is 56.4 Å². The molecule has 1 unspecified atom stereocenters. The Kier molecular flexibility index (Phi) is 10.2. The van der Waals surface area contributed by atoms with Gasteiger partial charge in [0.05, 0.1) is 59.4 Å². The number of benzene rings is 1. The fourth-order valence-electron chi connectivity index (χ4n) is 5.92. The molecular weight excluding hydrogens is 653 g/mol. The second-order valence-electron chi connectivity index (χ2n) is 11.4. The first-order chi connectivity index (χ1) is 23.4. The lowest BCUT2D eigenvalue weighted by molar-refractivity contribution is -0.132. The number of methoxy groups -OCH3 is 1. The van der Waals surface area contributed by atoms with Crippen LogP contribution in [-0.4, -0.2) is 87.3 Å². The van der Waals surface area contributed by atoms with Crippen LogP contribution < -0.4 is 10.6 Å². The second kappa shape index (κ2) is 14.8. The summed E-state index contributed by atoms with van der Waals surface area (Å²) in [6.45, 7) is 3.36. The topological polar surface area (TPSA) is 165 Å². The number of nitrogens with one attached hydrogen (secondary N) is 4. The van der Waals surface area contributed by atoms with Gasteiger partial charge in [-0.1, -0.05) is 31.2 Å². The van der Waals surface area contributed by atoms with Crippen molar-refractivity contribution in [3.05, 3.63) is 59.1 Å². The van der Waals surface area contributed by atoms with Crippen molar-refractivity contribution in [3.63, 3.8) is 0 Å². The number of nitrogens with zero attached hydrogens (tertiary/aromatic N) is 4. The molecule has 0 bridgehead atoms. The number of H-pyrrole nitrogens is 2. The summed E-state index contributed by atoms with van der Waals surface area (Å²) in [5.41, 5.74) is 6.08. The minimum atomic E-state index is -0.633. The number of imidazole rings is 2. The standard InChI is InChI=1S/C33H36N8O5S2/c1-3-10-40(28(43)14-34-19-42)16-27-35-12-24(38-27)21-8-6-20(7-9-21)22-17-47-31-23(18-48-30(22)31)25-13-36-32(39-25)26-5-4-11-41(26)29(44)15-37-33(45)46-2/h6-9,12-13,17-19,26H,3-5,10-11,14-16H2,1-2H3,(H,34,42)(H,35,38)(H,36,39)(H,37,45). The highest BCUT2D eigenvalue weighted by Gasteiger charge is 2.32. The van der Waals surface area contributed by atoms with Crippen LogP contribution in [0.5, 0.6) is 0 Å². The quantitative estimate of drug-likeness (QED) is 0.128. The van der Waals surface area contributed by atoms with Crippen molar-refractivity contribution in [2.75, 3.05) is 33.3 Å². The molecule has 1 aliphatic heterocycles. The molecule has 1 atom stereocenters. The summed E-state index contributed by atoms with van der Waals surface area (Å²) >= 11 is 3.38. The first kappa shape index (κ1) is 32.9. The first-order valence-electron chi connectivity index (χ1n) is 15.6. The largest absolute Gasteiger partial charge is 0.453 e. The number of thiophene rings is 2. The van der Waals surface area contributed by atoms with Gasteiger partial charge in [-0.05, 0) is 30.4 Å². The summed E-state index contributed by atoms with van der Waals surface area (Å²) in [6, 6.07) is 8.15. The Morgan fingerprint density at radius 2 is 1.75 bits per heavy atom. The van der Waals surface area contributed by atoms with Crippen LogP contribution >= 0.6 is 22.7 Å². The molecule has 48 heavy (non-hydrogen) atoms. The maximum Gasteiger partial charge on any atom is 0.407 e. The van der Waals surface area contributed by atoms with Gasteiger partial charge in [0.2, 0.25) is 18.2 Å². The molecule has 13 nitrogen and oxygen atoms in total. The number of carbonyl (C=O) groups excluding carboxylic acids is 4. The van der Waals surface area contributed by atoms with Crippen molar-refractivity contribution < 1.29 is 23.9 Å². The van der Waals surface area contributed by atoms with Crippen molar-refractivity contribution in [1.82, 2.24) is 40.4 Å². The van der Waals surface area contributed by atoms with Gasteiger partial charge in [-0.2, -0.15) is 0 Å². The zero-order chi connectivity index (χ0) is 33.6. The normalized spacial score (nSPS) is 14.3. The first-order valence-corrected chi connectivity index (χ1v) is 17.4. The number of hydrogen-bond donors (Lipinski definition) is 4. The van der Waals surface area contributed by atoms with Crippen molar-refractivity contribution in [2.24, 2.45) is 0 Å². The van der Waals surface area contributed by atoms with Crippen molar-refractivity contribution in [1.29, 1.82) is 0 Å². The monoisotopic (exact) mass is 688 g/mol.